The van der Waals surface area contributed by atoms with Gasteiger partial charge < -0.3 is 10.5 Å². The minimum Gasteiger partial charge on any atom is -0.462 e. The molecular weight excluding hydrogens is 274 g/mol. The van der Waals surface area contributed by atoms with Gasteiger partial charge in [0, 0.05) is 11.9 Å². The molecule has 0 unspecified atom stereocenters. The van der Waals surface area contributed by atoms with Gasteiger partial charge >= 0.3 is 5.97 Å². The van der Waals surface area contributed by atoms with Crippen LogP contribution < -0.4 is 5.73 Å². The number of pyridine rings is 1. The monoisotopic (exact) mass is 283 g/mol. The smallest absolute Gasteiger partial charge is 0.342 e. The van der Waals surface area contributed by atoms with Crippen molar-refractivity contribution in [2.24, 2.45) is 0 Å². The number of fused-ring (bicyclic) bond motifs is 1. The Kier molecular flexibility index (Phi) is 2.82. The van der Waals surface area contributed by atoms with E-state index in [2.05, 4.69) is 21.0 Å². The molecule has 5 nitrogen and oxygen atoms in total. The number of carbonyl (C=O) groups is 1. The standard InChI is InChI=1S/C10H10BrN3O2/c1-2-16-10(15)6-5-13-14-4-3-7(12)8(11)9(6)14/h3-5H,2,12H2,1H3. The first-order chi connectivity index (χ1) is 7.65. The number of carbonyl (C=O) groups excluding carboxylic acids is 1. The van der Waals surface area contributed by atoms with Gasteiger partial charge in [0.15, 0.2) is 0 Å². The molecule has 2 rings (SSSR count). The van der Waals surface area contributed by atoms with Crippen LogP contribution in [0.3, 0.4) is 0 Å². The molecular formula is C10H10BrN3O2. The zero-order chi connectivity index (χ0) is 11.7. The minimum absolute atomic E-state index is 0.329. The number of hydrogen-bond donors (Lipinski definition) is 1. The molecule has 0 fully saturated rings. The predicted molar refractivity (Wildman–Crippen MR) is 63.3 cm³/mol. The van der Waals surface area contributed by atoms with Gasteiger partial charge in [-0.3, -0.25) is 0 Å². The third-order valence-electron chi connectivity index (χ3n) is 2.15. The van der Waals surface area contributed by atoms with Gasteiger partial charge in [0.05, 0.1) is 22.8 Å². The molecule has 2 N–H and O–H groups in total. The highest BCUT2D eigenvalue weighted by molar-refractivity contribution is 9.10. The fourth-order valence-corrected chi connectivity index (χ4v) is 1.94. The van der Waals surface area contributed by atoms with Crippen molar-refractivity contribution in [1.29, 1.82) is 0 Å². The van der Waals surface area contributed by atoms with Crippen molar-refractivity contribution in [2.45, 2.75) is 6.92 Å². The molecule has 0 aliphatic heterocycles. The quantitative estimate of drug-likeness (QED) is 0.854. The van der Waals surface area contributed by atoms with E-state index in [1.165, 1.54) is 6.20 Å². The van der Waals surface area contributed by atoms with E-state index in [-0.39, 0.29) is 0 Å². The maximum absolute atomic E-state index is 11.6. The van der Waals surface area contributed by atoms with Crippen LogP contribution in [-0.4, -0.2) is 22.2 Å². The van der Waals surface area contributed by atoms with E-state index in [9.17, 15) is 4.79 Å². The largest absolute Gasteiger partial charge is 0.462 e. The van der Waals surface area contributed by atoms with Gasteiger partial charge in [0.1, 0.15) is 5.56 Å². The lowest BCUT2D eigenvalue weighted by Crippen LogP contribution is -2.04. The maximum atomic E-state index is 11.6. The van der Waals surface area contributed by atoms with E-state index in [4.69, 9.17) is 10.5 Å². The van der Waals surface area contributed by atoms with Gasteiger partial charge in [-0.1, -0.05) is 0 Å². The molecule has 0 amide bonds. The SMILES string of the molecule is CCOC(=O)c1cnn2ccc(N)c(Br)c12. The minimum atomic E-state index is -0.399. The van der Waals surface area contributed by atoms with Crippen LogP contribution in [0.5, 0.6) is 0 Å². The van der Waals surface area contributed by atoms with Crippen molar-refractivity contribution in [1.82, 2.24) is 9.61 Å². The number of anilines is 1. The number of nitrogens with zero attached hydrogens (tertiary/aromatic N) is 2. The van der Waals surface area contributed by atoms with Gasteiger partial charge in [-0.25, -0.2) is 9.31 Å². The van der Waals surface area contributed by atoms with Crippen LogP contribution in [0, 0.1) is 0 Å². The lowest BCUT2D eigenvalue weighted by Gasteiger charge is -2.03. The molecule has 0 radical (unpaired) electrons. The highest BCUT2D eigenvalue weighted by Crippen LogP contribution is 2.27. The van der Waals surface area contributed by atoms with Crippen molar-refractivity contribution >= 4 is 33.1 Å². The highest BCUT2D eigenvalue weighted by atomic mass is 79.9. The van der Waals surface area contributed by atoms with Crippen LogP contribution in [0.15, 0.2) is 22.9 Å². The van der Waals surface area contributed by atoms with E-state index in [0.29, 0.717) is 27.8 Å². The van der Waals surface area contributed by atoms with Gasteiger partial charge in [0.2, 0.25) is 0 Å². The molecule has 2 aromatic heterocycles. The number of hydrogen-bond acceptors (Lipinski definition) is 4. The Morgan fingerprint density at radius 1 is 1.69 bits per heavy atom. The van der Waals surface area contributed by atoms with Crippen LogP contribution in [-0.2, 0) is 4.74 Å². The third-order valence-corrected chi connectivity index (χ3v) is 2.98. The van der Waals surface area contributed by atoms with Crippen LogP contribution in [0.1, 0.15) is 17.3 Å². The number of esters is 1. The lowest BCUT2D eigenvalue weighted by molar-refractivity contribution is 0.0528. The molecule has 0 saturated carbocycles. The summed E-state index contributed by atoms with van der Waals surface area (Å²) < 4.78 is 7.16. The number of nitrogen functional groups attached to an aromatic ring is 1. The van der Waals surface area contributed by atoms with Crippen LogP contribution in [0.25, 0.3) is 5.52 Å². The molecule has 16 heavy (non-hydrogen) atoms. The van der Waals surface area contributed by atoms with Crippen LogP contribution >= 0.6 is 15.9 Å². The van der Waals surface area contributed by atoms with E-state index in [1.54, 1.807) is 23.7 Å². The fraction of sp³-hybridized carbons (Fsp3) is 0.200. The van der Waals surface area contributed by atoms with Gasteiger partial charge in [-0.15, -0.1) is 0 Å². The molecule has 2 aromatic rings. The van der Waals surface area contributed by atoms with E-state index >= 15 is 0 Å². The molecule has 0 aliphatic carbocycles. The number of nitrogens with two attached hydrogens (primary N) is 1. The second-order valence-corrected chi connectivity index (χ2v) is 3.95. The van der Waals surface area contributed by atoms with Crippen molar-refractivity contribution < 1.29 is 9.53 Å². The average Bonchev–Trinajstić information content (AvgIpc) is 2.68. The Morgan fingerprint density at radius 3 is 3.12 bits per heavy atom. The summed E-state index contributed by atoms with van der Waals surface area (Å²) >= 11 is 3.34. The number of halogens is 1. The molecule has 2 heterocycles. The molecule has 0 saturated heterocycles. The summed E-state index contributed by atoms with van der Waals surface area (Å²) in [4.78, 5) is 11.6. The molecule has 0 bridgehead atoms. The second-order valence-electron chi connectivity index (χ2n) is 3.16. The first-order valence-corrected chi connectivity index (χ1v) is 5.53. The number of ether oxygens (including phenoxy) is 1. The number of rotatable bonds is 2. The van der Waals surface area contributed by atoms with Crippen LogP contribution in [0.4, 0.5) is 5.69 Å². The summed E-state index contributed by atoms with van der Waals surface area (Å²) in [6.07, 6.45) is 3.16. The lowest BCUT2D eigenvalue weighted by atomic mass is 10.2. The topological polar surface area (TPSA) is 69.6 Å². The van der Waals surface area contributed by atoms with Crippen molar-refractivity contribution in [3.05, 3.63) is 28.5 Å². The van der Waals surface area contributed by atoms with Crippen molar-refractivity contribution in [3.63, 3.8) is 0 Å². The summed E-state index contributed by atoms with van der Waals surface area (Å²) in [5, 5.41) is 4.05. The summed E-state index contributed by atoms with van der Waals surface area (Å²) in [7, 11) is 0. The normalized spacial score (nSPS) is 10.6. The maximum Gasteiger partial charge on any atom is 0.342 e. The van der Waals surface area contributed by atoms with Gasteiger partial charge in [-0.05, 0) is 28.9 Å². The molecule has 0 spiro atoms. The first-order valence-electron chi connectivity index (χ1n) is 4.73. The van der Waals surface area contributed by atoms with E-state index in [1.807, 2.05) is 0 Å². The molecule has 0 aliphatic rings. The summed E-state index contributed by atoms with van der Waals surface area (Å²) in [5.41, 5.74) is 7.33. The number of aromatic nitrogens is 2. The van der Waals surface area contributed by atoms with Gasteiger partial charge in [0.25, 0.3) is 0 Å². The molecule has 0 atom stereocenters. The molecule has 0 aromatic carbocycles. The Bertz CT molecular complexity index is 550. The summed E-state index contributed by atoms with van der Waals surface area (Å²) in [6.45, 7) is 2.09. The Hall–Kier alpha value is -1.56. The van der Waals surface area contributed by atoms with Crippen molar-refractivity contribution in [2.75, 3.05) is 12.3 Å². The summed E-state index contributed by atoms with van der Waals surface area (Å²) in [6, 6.07) is 1.71. The van der Waals surface area contributed by atoms with Crippen LogP contribution in [0.2, 0.25) is 0 Å². The first kappa shape index (κ1) is 10.9. The third kappa shape index (κ3) is 1.65. The second kappa shape index (κ2) is 4.13. The zero-order valence-electron chi connectivity index (χ0n) is 8.61. The zero-order valence-corrected chi connectivity index (χ0v) is 10.2. The van der Waals surface area contributed by atoms with E-state index in [0.717, 1.165) is 0 Å². The Balaban J connectivity index is 2.63. The van der Waals surface area contributed by atoms with Gasteiger partial charge in [-0.2, -0.15) is 5.10 Å². The van der Waals surface area contributed by atoms with Crippen molar-refractivity contribution in [3.8, 4) is 0 Å². The Labute approximate surface area is 100 Å². The summed E-state index contributed by atoms with van der Waals surface area (Å²) in [5.74, 6) is -0.399. The van der Waals surface area contributed by atoms with E-state index < -0.39 is 5.97 Å². The predicted octanol–water partition coefficient (Wildman–Crippen LogP) is 1.86. The Morgan fingerprint density at radius 2 is 2.44 bits per heavy atom. The highest BCUT2D eigenvalue weighted by Gasteiger charge is 2.17. The molecule has 6 heteroatoms. The average molecular weight is 284 g/mol. The molecule has 84 valence electrons. The fourth-order valence-electron chi connectivity index (χ4n) is 1.41.